The average Bonchev–Trinajstić information content (AvgIpc) is 2.57. The van der Waals surface area contributed by atoms with Gasteiger partial charge >= 0.3 is 0 Å². The number of aromatic nitrogens is 2. The van der Waals surface area contributed by atoms with Gasteiger partial charge in [-0.25, -0.2) is 0 Å². The quantitative estimate of drug-likeness (QED) is 0.798. The third kappa shape index (κ3) is 1.67. The first-order chi connectivity index (χ1) is 6.68. The average molecular weight is 274 g/mol. The van der Waals surface area contributed by atoms with Crippen LogP contribution in [0.2, 0.25) is 5.28 Å². The van der Waals surface area contributed by atoms with Gasteiger partial charge in [0.1, 0.15) is 0 Å². The van der Waals surface area contributed by atoms with Crippen molar-refractivity contribution in [2.75, 3.05) is 0 Å². The van der Waals surface area contributed by atoms with Crippen molar-refractivity contribution >= 4 is 27.5 Å². The van der Waals surface area contributed by atoms with Crippen LogP contribution in [0.25, 0.3) is 11.5 Å². The first-order valence-electron chi connectivity index (χ1n) is 3.93. The molecule has 3 nitrogen and oxygen atoms in total. The summed E-state index contributed by atoms with van der Waals surface area (Å²) in [5.41, 5.74) is 1.96. The van der Waals surface area contributed by atoms with Crippen molar-refractivity contribution in [3.05, 3.63) is 33.5 Å². The largest absolute Gasteiger partial charge is 0.333 e. The van der Waals surface area contributed by atoms with E-state index in [1.165, 1.54) is 0 Å². The summed E-state index contributed by atoms with van der Waals surface area (Å²) in [5, 5.41) is 3.64. The minimum atomic E-state index is 0.119. The Morgan fingerprint density at radius 3 is 2.86 bits per heavy atom. The van der Waals surface area contributed by atoms with E-state index in [-0.39, 0.29) is 5.28 Å². The molecule has 0 aliphatic rings. The molecule has 0 aliphatic heterocycles. The van der Waals surface area contributed by atoms with Crippen molar-refractivity contribution in [2.45, 2.75) is 6.92 Å². The molecular weight excluding hydrogens is 267 g/mol. The van der Waals surface area contributed by atoms with Crippen LogP contribution in [0.5, 0.6) is 0 Å². The predicted molar refractivity (Wildman–Crippen MR) is 57.2 cm³/mol. The van der Waals surface area contributed by atoms with Gasteiger partial charge in [0.05, 0.1) is 5.56 Å². The molecule has 0 fully saturated rings. The second-order valence-electron chi connectivity index (χ2n) is 2.81. The highest BCUT2D eigenvalue weighted by atomic mass is 79.9. The summed E-state index contributed by atoms with van der Waals surface area (Å²) in [6, 6.07) is 5.81. The Morgan fingerprint density at radius 1 is 1.43 bits per heavy atom. The van der Waals surface area contributed by atoms with Gasteiger partial charge in [-0.15, -0.1) is 0 Å². The molecule has 0 saturated carbocycles. The Morgan fingerprint density at radius 2 is 2.21 bits per heavy atom. The van der Waals surface area contributed by atoms with Gasteiger partial charge in [0, 0.05) is 4.47 Å². The van der Waals surface area contributed by atoms with Gasteiger partial charge in [-0.05, 0) is 51.2 Å². The lowest BCUT2D eigenvalue weighted by Gasteiger charge is -2.01. The van der Waals surface area contributed by atoms with Gasteiger partial charge in [-0.2, -0.15) is 4.98 Å². The Hall–Kier alpha value is -0.870. The Balaban J connectivity index is 2.57. The molecule has 0 bridgehead atoms. The molecule has 14 heavy (non-hydrogen) atoms. The lowest BCUT2D eigenvalue weighted by atomic mass is 10.1. The number of benzene rings is 1. The molecule has 5 heteroatoms. The maximum Gasteiger partial charge on any atom is 0.264 e. The molecule has 2 rings (SSSR count). The van der Waals surface area contributed by atoms with Crippen LogP contribution in [0.1, 0.15) is 5.56 Å². The third-order valence-corrected chi connectivity index (χ3v) is 3.03. The van der Waals surface area contributed by atoms with E-state index in [4.69, 9.17) is 16.1 Å². The molecule has 0 spiro atoms. The minimum Gasteiger partial charge on any atom is -0.333 e. The first-order valence-corrected chi connectivity index (χ1v) is 5.10. The molecule has 0 radical (unpaired) electrons. The van der Waals surface area contributed by atoms with E-state index in [9.17, 15) is 0 Å². The maximum atomic E-state index is 5.57. The Labute approximate surface area is 94.2 Å². The minimum absolute atomic E-state index is 0.119. The summed E-state index contributed by atoms with van der Waals surface area (Å²) in [4.78, 5) is 3.94. The number of aryl methyl sites for hydroxylation is 1. The second-order valence-corrected chi connectivity index (χ2v) is 3.94. The number of hydrogen-bond acceptors (Lipinski definition) is 3. The number of rotatable bonds is 1. The fraction of sp³-hybridized carbons (Fsp3) is 0.111. The van der Waals surface area contributed by atoms with Crippen LogP contribution in [-0.4, -0.2) is 10.1 Å². The van der Waals surface area contributed by atoms with Crippen molar-refractivity contribution in [3.63, 3.8) is 0 Å². The van der Waals surface area contributed by atoms with E-state index in [1.54, 1.807) is 0 Å². The molecule has 0 amide bonds. The number of nitrogens with zero attached hydrogens (tertiary/aromatic N) is 2. The van der Waals surface area contributed by atoms with E-state index in [0.29, 0.717) is 5.89 Å². The summed E-state index contributed by atoms with van der Waals surface area (Å²) in [6.45, 7) is 1.99. The van der Waals surface area contributed by atoms with Crippen molar-refractivity contribution in [2.24, 2.45) is 0 Å². The maximum absolute atomic E-state index is 5.57. The Bertz CT molecular complexity index is 470. The van der Waals surface area contributed by atoms with E-state index >= 15 is 0 Å². The van der Waals surface area contributed by atoms with Crippen LogP contribution in [0.4, 0.5) is 0 Å². The lowest BCUT2D eigenvalue weighted by Crippen LogP contribution is -1.82. The molecule has 1 aromatic carbocycles. The first kappa shape index (κ1) is 9.68. The number of halogens is 2. The van der Waals surface area contributed by atoms with Crippen LogP contribution in [0.3, 0.4) is 0 Å². The van der Waals surface area contributed by atoms with Crippen LogP contribution >= 0.6 is 27.5 Å². The standard InChI is InChI=1S/C9H6BrClN2O/c1-5-3-2-4-6(7(5)10)8-12-9(11)13-14-8/h2-4H,1H3. The van der Waals surface area contributed by atoms with E-state index in [2.05, 4.69) is 26.1 Å². The molecule has 1 heterocycles. The van der Waals surface area contributed by atoms with Gasteiger partial charge in [0.15, 0.2) is 0 Å². The smallest absolute Gasteiger partial charge is 0.264 e. The zero-order valence-corrected chi connectivity index (χ0v) is 9.63. The molecule has 2 aromatic rings. The van der Waals surface area contributed by atoms with E-state index in [1.807, 2.05) is 25.1 Å². The predicted octanol–water partition coefficient (Wildman–Crippen LogP) is 3.46. The summed E-state index contributed by atoms with van der Waals surface area (Å²) in [7, 11) is 0. The zero-order chi connectivity index (χ0) is 10.1. The highest BCUT2D eigenvalue weighted by molar-refractivity contribution is 9.10. The molecule has 1 aromatic heterocycles. The zero-order valence-electron chi connectivity index (χ0n) is 7.29. The summed E-state index contributed by atoms with van der Waals surface area (Å²) in [6.07, 6.45) is 0. The van der Waals surface area contributed by atoms with Crippen molar-refractivity contribution in [3.8, 4) is 11.5 Å². The fourth-order valence-electron chi connectivity index (χ4n) is 1.13. The van der Waals surface area contributed by atoms with Gasteiger partial charge in [0.25, 0.3) is 11.2 Å². The topological polar surface area (TPSA) is 38.9 Å². The lowest BCUT2D eigenvalue weighted by molar-refractivity contribution is 0.430. The van der Waals surface area contributed by atoms with Crippen molar-refractivity contribution < 1.29 is 4.52 Å². The summed E-state index contributed by atoms with van der Waals surface area (Å²) < 4.78 is 5.91. The SMILES string of the molecule is Cc1cccc(-c2nc(Cl)no2)c1Br. The summed E-state index contributed by atoms with van der Waals surface area (Å²) in [5.74, 6) is 0.422. The molecule has 0 aliphatic carbocycles. The van der Waals surface area contributed by atoms with E-state index in [0.717, 1.165) is 15.6 Å². The molecule has 0 N–H and O–H groups in total. The van der Waals surface area contributed by atoms with E-state index < -0.39 is 0 Å². The fourth-order valence-corrected chi connectivity index (χ4v) is 1.67. The van der Waals surface area contributed by atoms with Gasteiger partial charge < -0.3 is 4.52 Å². The van der Waals surface area contributed by atoms with Crippen LogP contribution in [0.15, 0.2) is 27.2 Å². The van der Waals surface area contributed by atoms with Crippen molar-refractivity contribution in [1.29, 1.82) is 0 Å². The number of hydrogen-bond donors (Lipinski definition) is 0. The normalized spacial score (nSPS) is 10.5. The van der Waals surface area contributed by atoms with Crippen molar-refractivity contribution in [1.82, 2.24) is 10.1 Å². The molecule has 0 unspecified atom stereocenters. The molecule has 72 valence electrons. The Kier molecular flexibility index (Phi) is 2.56. The molecule has 0 saturated heterocycles. The highest BCUT2D eigenvalue weighted by Crippen LogP contribution is 2.29. The van der Waals surface area contributed by atoms with Crippen LogP contribution in [-0.2, 0) is 0 Å². The monoisotopic (exact) mass is 272 g/mol. The van der Waals surface area contributed by atoms with Crippen LogP contribution < -0.4 is 0 Å². The van der Waals surface area contributed by atoms with Gasteiger partial charge in [-0.3, -0.25) is 0 Å². The summed E-state index contributed by atoms with van der Waals surface area (Å²) >= 11 is 9.03. The molecule has 0 atom stereocenters. The third-order valence-electron chi connectivity index (χ3n) is 1.82. The molecular formula is C9H6BrClN2O. The highest BCUT2D eigenvalue weighted by Gasteiger charge is 2.11. The second kappa shape index (κ2) is 3.71. The van der Waals surface area contributed by atoms with Crippen LogP contribution in [0, 0.1) is 6.92 Å². The van der Waals surface area contributed by atoms with Gasteiger partial charge in [0.2, 0.25) is 0 Å². The van der Waals surface area contributed by atoms with Gasteiger partial charge in [-0.1, -0.05) is 12.1 Å².